The molecule has 96 valence electrons. The van der Waals surface area contributed by atoms with Crippen LogP contribution in [0.2, 0.25) is 0 Å². The number of aryl methyl sites for hydroxylation is 1. The lowest BCUT2D eigenvalue weighted by molar-refractivity contribution is 0.269. The van der Waals surface area contributed by atoms with Crippen LogP contribution in [0.5, 0.6) is 0 Å². The molecule has 1 aromatic carbocycles. The minimum absolute atomic E-state index is 0.0676. The highest BCUT2D eigenvalue weighted by Crippen LogP contribution is 2.13. The average Bonchev–Trinajstić information content (AvgIpc) is 2.76. The van der Waals surface area contributed by atoms with Gasteiger partial charge in [-0.05, 0) is 30.2 Å². The van der Waals surface area contributed by atoms with Gasteiger partial charge < -0.3 is 10.4 Å². The molecule has 2 aromatic rings. The van der Waals surface area contributed by atoms with Crippen molar-refractivity contribution in [3.05, 3.63) is 47.5 Å². The minimum Gasteiger partial charge on any atom is -0.394 e. The first-order valence-electron chi connectivity index (χ1n) is 5.81. The van der Waals surface area contributed by atoms with Crippen LogP contribution in [0.3, 0.4) is 0 Å². The first-order chi connectivity index (χ1) is 8.69. The highest BCUT2D eigenvalue weighted by Gasteiger charge is 2.01. The molecular formula is C13H16FN3O. The van der Waals surface area contributed by atoms with Gasteiger partial charge in [0.15, 0.2) is 0 Å². The maximum atomic E-state index is 12.9. The Bertz CT molecular complexity index is 525. The van der Waals surface area contributed by atoms with Crippen LogP contribution in [0.15, 0.2) is 30.6 Å². The van der Waals surface area contributed by atoms with Crippen molar-refractivity contribution in [1.29, 1.82) is 0 Å². The van der Waals surface area contributed by atoms with Crippen molar-refractivity contribution in [1.82, 2.24) is 9.78 Å². The Morgan fingerprint density at radius 1 is 1.44 bits per heavy atom. The zero-order chi connectivity index (χ0) is 13.0. The van der Waals surface area contributed by atoms with E-state index in [1.807, 2.05) is 13.1 Å². The highest BCUT2D eigenvalue weighted by molar-refractivity contribution is 5.40. The van der Waals surface area contributed by atoms with Crippen molar-refractivity contribution in [3.63, 3.8) is 0 Å². The number of anilines is 1. The number of benzene rings is 1. The summed E-state index contributed by atoms with van der Waals surface area (Å²) in [5, 5.41) is 16.1. The Morgan fingerprint density at radius 2 is 2.28 bits per heavy atom. The molecule has 0 unspecified atom stereocenters. The third-order valence-corrected chi connectivity index (χ3v) is 2.75. The Labute approximate surface area is 105 Å². The van der Waals surface area contributed by atoms with Crippen LogP contribution in [0.1, 0.15) is 11.1 Å². The van der Waals surface area contributed by atoms with Crippen LogP contribution >= 0.6 is 0 Å². The largest absolute Gasteiger partial charge is 0.394 e. The van der Waals surface area contributed by atoms with Crippen molar-refractivity contribution in [3.8, 4) is 0 Å². The van der Waals surface area contributed by atoms with Gasteiger partial charge in [0.05, 0.1) is 25.0 Å². The van der Waals surface area contributed by atoms with Gasteiger partial charge in [-0.15, -0.1) is 0 Å². The SMILES string of the molecule is Cc1cc(F)ccc1CNc1cnn(CCO)c1. The number of nitrogens with zero attached hydrogens (tertiary/aromatic N) is 2. The first kappa shape index (κ1) is 12.6. The topological polar surface area (TPSA) is 50.1 Å². The fourth-order valence-corrected chi connectivity index (χ4v) is 1.73. The number of hydrogen-bond donors (Lipinski definition) is 2. The molecule has 0 aliphatic rings. The molecule has 0 spiro atoms. The van der Waals surface area contributed by atoms with E-state index in [2.05, 4.69) is 10.4 Å². The molecule has 1 heterocycles. The predicted molar refractivity (Wildman–Crippen MR) is 67.8 cm³/mol. The second-order valence-electron chi connectivity index (χ2n) is 4.14. The summed E-state index contributed by atoms with van der Waals surface area (Å²) in [5.41, 5.74) is 2.85. The lowest BCUT2D eigenvalue weighted by Crippen LogP contribution is -2.02. The number of nitrogens with one attached hydrogen (secondary N) is 1. The van der Waals surface area contributed by atoms with Crippen LogP contribution in [-0.2, 0) is 13.1 Å². The molecule has 0 saturated heterocycles. The number of aliphatic hydroxyl groups is 1. The van der Waals surface area contributed by atoms with E-state index in [1.54, 1.807) is 16.9 Å². The number of hydrogen-bond acceptors (Lipinski definition) is 3. The smallest absolute Gasteiger partial charge is 0.123 e. The molecule has 0 atom stereocenters. The van der Waals surface area contributed by atoms with Gasteiger partial charge in [0.25, 0.3) is 0 Å². The van der Waals surface area contributed by atoms with E-state index in [1.165, 1.54) is 12.1 Å². The predicted octanol–water partition coefficient (Wildman–Crippen LogP) is 1.94. The van der Waals surface area contributed by atoms with Crippen molar-refractivity contribution in [2.75, 3.05) is 11.9 Å². The van der Waals surface area contributed by atoms with Crippen LogP contribution < -0.4 is 5.32 Å². The Morgan fingerprint density at radius 3 is 3.00 bits per heavy atom. The summed E-state index contributed by atoms with van der Waals surface area (Å²) < 4.78 is 14.6. The summed E-state index contributed by atoms with van der Waals surface area (Å²) in [4.78, 5) is 0. The summed E-state index contributed by atoms with van der Waals surface area (Å²) in [7, 11) is 0. The van der Waals surface area contributed by atoms with Gasteiger partial charge in [0.1, 0.15) is 5.82 Å². The summed E-state index contributed by atoms with van der Waals surface area (Å²) in [6.45, 7) is 3.06. The minimum atomic E-state index is -0.216. The monoisotopic (exact) mass is 249 g/mol. The molecule has 2 N–H and O–H groups in total. The van der Waals surface area contributed by atoms with E-state index < -0.39 is 0 Å². The molecule has 0 aliphatic carbocycles. The molecule has 2 rings (SSSR count). The standard InChI is InChI=1S/C13H16FN3O/c1-10-6-12(14)3-2-11(10)7-15-13-8-16-17(9-13)4-5-18/h2-3,6,8-9,15,18H,4-5,7H2,1H3. The van der Waals surface area contributed by atoms with Gasteiger partial charge in [0, 0.05) is 12.7 Å². The van der Waals surface area contributed by atoms with E-state index in [-0.39, 0.29) is 12.4 Å². The number of aromatic nitrogens is 2. The number of aliphatic hydroxyl groups excluding tert-OH is 1. The second kappa shape index (κ2) is 5.64. The highest BCUT2D eigenvalue weighted by atomic mass is 19.1. The van der Waals surface area contributed by atoms with E-state index in [9.17, 15) is 4.39 Å². The van der Waals surface area contributed by atoms with Gasteiger partial charge in [-0.25, -0.2) is 4.39 Å². The molecule has 18 heavy (non-hydrogen) atoms. The molecule has 0 aliphatic heterocycles. The van der Waals surface area contributed by atoms with E-state index in [0.717, 1.165) is 16.8 Å². The maximum absolute atomic E-state index is 12.9. The summed E-state index contributed by atoms with van der Waals surface area (Å²) in [6.07, 6.45) is 3.53. The zero-order valence-electron chi connectivity index (χ0n) is 10.2. The molecule has 0 fully saturated rings. The van der Waals surface area contributed by atoms with Crippen molar-refractivity contribution < 1.29 is 9.50 Å². The third kappa shape index (κ3) is 3.07. The van der Waals surface area contributed by atoms with E-state index >= 15 is 0 Å². The van der Waals surface area contributed by atoms with E-state index in [4.69, 9.17) is 5.11 Å². The molecule has 0 saturated carbocycles. The van der Waals surface area contributed by atoms with Crippen molar-refractivity contribution in [2.45, 2.75) is 20.0 Å². The fourth-order valence-electron chi connectivity index (χ4n) is 1.73. The van der Waals surface area contributed by atoms with Gasteiger partial charge in [-0.2, -0.15) is 5.10 Å². The first-order valence-corrected chi connectivity index (χ1v) is 5.81. The quantitative estimate of drug-likeness (QED) is 0.851. The van der Waals surface area contributed by atoms with Crippen molar-refractivity contribution in [2.24, 2.45) is 0 Å². The Kier molecular flexibility index (Phi) is 3.94. The zero-order valence-corrected chi connectivity index (χ0v) is 10.2. The summed E-state index contributed by atoms with van der Waals surface area (Å²) in [5.74, 6) is -0.216. The second-order valence-corrected chi connectivity index (χ2v) is 4.14. The molecule has 0 amide bonds. The molecule has 5 heteroatoms. The molecule has 0 bridgehead atoms. The molecule has 1 aromatic heterocycles. The lowest BCUT2D eigenvalue weighted by Gasteiger charge is -2.07. The van der Waals surface area contributed by atoms with Crippen LogP contribution in [0.25, 0.3) is 0 Å². The number of rotatable bonds is 5. The Hall–Kier alpha value is -1.88. The average molecular weight is 249 g/mol. The lowest BCUT2D eigenvalue weighted by atomic mass is 10.1. The third-order valence-electron chi connectivity index (χ3n) is 2.75. The normalized spacial score (nSPS) is 10.6. The molecule has 0 radical (unpaired) electrons. The van der Waals surface area contributed by atoms with Crippen LogP contribution in [0, 0.1) is 12.7 Å². The van der Waals surface area contributed by atoms with Crippen LogP contribution in [-0.4, -0.2) is 21.5 Å². The Balaban J connectivity index is 1.97. The van der Waals surface area contributed by atoms with Gasteiger partial charge >= 0.3 is 0 Å². The molecular weight excluding hydrogens is 233 g/mol. The maximum Gasteiger partial charge on any atom is 0.123 e. The van der Waals surface area contributed by atoms with Crippen LogP contribution in [0.4, 0.5) is 10.1 Å². The van der Waals surface area contributed by atoms with Gasteiger partial charge in [0.2, 0.25) is 0 Å². The van der Waals surface area contributed by atoms with Gasteiger partial charge in [-0.3, -0.25) is 4.68 Å². The van der Waals surface area contributed by atoms with Gasteiger partial charge in [-0.1, -0.05) is 6.07 Å². The van der Waals surface area contributed by atoms with E-state index in [0.29, 0.717) is 13.1 Å². The fraction of sp³-hybridized carbons (Fsp3) is 0.308. The molecule has 4 nitrogen and oxygen atoms in total. The summed E-state index contributed by atoms with van der Waals surface area (Å²) >= 11 is 0. The summed E-state index contributed by atoms with van der Waals surface area (Å²) in [6, 6.07) is 4.75. The number of halogens is 1. The van der Waals surface area contributed by atoms with Crippen molar-refractivity contribution >= 4 is 5.69 Å².